The summed E-state index contributed by atoms with van der Waals surface area (Å²) >= 11 is 8.13. The largest absolute Gasteiger partial charge is 0.490 e. The van der Waals surface area contributed by atoms with E-state index in [1.165, 1.54) is 12.1 Å². The molecular weight excluding hydrogens is 717 g/mol. The lowest BCUT2D eigenvalue weighted by Gasteiger charge is -2.27. The van der Waals surface area contributed by atoms with Gasteiger partial charge in [0.15, 0.2) is 29.6 Å². The second-order valence-corrected chi connectivity index (χ2v) is 11.0. The number of urea groups is 1. The Morgan fingerprint density at radius 1 is 0.933 bits per heavy atom. The van der Waals surface area contributed by atoms with E-state index in [0.29, 0.717) is 56.1 Å². The summed E-state index contributed by atoms with van der Waals surface area (Å²) < 4.78 is 23.5. The number of amides is 5. The molecule has 11 nitrogen and oxygen atoms in total. The van der Waals surface area contributed by atoms with Crippen molar-refractivity contribution in [3.8, 4) is 23.0 Å². The molecule has 0 saturated carbocycles. The van der Waals surface area contributed by atoms with Gasteiger partial charge in [-0.2, -0.15) is 0 Å². The number of para-hydroxylation sites is 1. The smallest absolute Gasteiger partial charge is 0.335 e. The molecule has 0 spiro atoms. The van der Waals surface area contributed by atoms with Crippen LogP contribution in [0.1, 0.15) is 32.8 Å². The molecule has 3 aromatic carbocycles. The van der Waals surface area contributed by atoms with Gasteiger partial charge in [0.2, 0.25) is 0 Å². The van der Waals surface area contributed by atoms with Gasteiger partial charge >= 0.3 is 6.03 Å². The average molecular weight is 748 g/mol. The van der Waals surface area contributed by atoms with Gasteiger partial charge in [-0.1, -0.05) is 30.7 Å². The fourth-order valence-electron chi connectivity index (χ4n) is 4.25. The van der Waals surface area contributed by atoms with Gasteiger partial charge in [-0.15, -0.1) is 0 Å². The van der Waals surface area contributed by atoms with Crippen molar-refractivity contribution in [1.82, 2.24) is 5.32 Å². The first-order valence-electron chi connectivity index (χ1n) is 14.1. The van der Waals surface area contributed by atoms with Gasteiger partial charge in [0, 0.05) is 6.07 Å². The van der Waals surface area contributed by atoms with E-state index in [9.17, 15) is 19.2 Å². The lowest BCUT2D eigenvalue weighted by atomic mass is 10.1. The van der Waals surface area contributed by atoms with Crippen molar-refractivity contribution in [3.05, 3.63) is 74.3 Å². The van der Waals surface area contributed by atoms with Gasteiger partial charge in [-0.3, -0.25) is 19.7 Å². The summed E-state index contributed by atoms with van der Waals surface area (Å²) in [4.78, 5) is 52.7. The highest BCUT2D eigenvalue weighted by atomic mass is 127. The maximum atomic E-state index is 13.6. The zero-order valence-electron chi connectivity index (χ0n) is 24.8. The van der Waals surface area contributed by atoms with Crippen molar-refractivity contribution in [2.45, 2.75) is 27.2 Å². The summed E-state index contributed by atoms with van der Waals surface area (Å²) in [7, 11) is 0. The molecule has 0 atom stereocenters. The molecule has 0 unspecified atom stereocenters. The van der Waals surface area contributed by atoms with Crippen LogP contribution in [0.4, 0.5) is 16.2 Å². The maximum Gasteiger partial charge on any atom is 0.335 e. The highest BCUT2D eigenvalue weighted by Crippen LogP contribution is 2.36. The fraction of sp³-hybridized carbons (Fsp3) is 0.250. The number of hydrogen-bond donors (Lipinski definition) is 2. The lowest BCUT2D eigenvalue weighted by molar-refractivity contribution is -0.122. The average Bonchev–Trinajstić information content (AvgIpc) is 3.00. The van der Waals surface area contributed by atoms with Crippen molar-refractivity contribution in [2.75, 3.05) is 36.6 Å². The van der Waals surface area contributed by atoms with Crippen LogP contribution < -0.4 is 34.5 Å². The minimum absolute atomic E-state index is 0.201. The lowest BCUT2D eigenvalue weighted by Crippen LogP contribution is -2.54. The van der Waals surface area contributed by atoms with E-state index in [2.05, 4.69) is 10.6 Å². The quantitative estimate of drug-likeness (QED) is 0.120. The molecule has 236 valence electrons. The summed E-state index contributed by atoms with van der Waals surface area (Å²) in [5.74, 6) is -0.670. The number of nitrogens with zero attached hydrogens (tertiary/aromatic N) is 1. The topological polar surface area (TPSA) is 132 Å². The van der Waals surface area contributed by atoms with Crippen LogP contribution in [0.5, 0.6) is 23.0 Å². The molecule has 5 amide bonds. The van der Waals surface area contributed by atoms with E-state index < -0.39 is 23.8 Å². The first-order valence-corrected chi connectivity index (χ1v) is 15.6. The minimum Gasteiger partial charge on any atom is -0.490 e. The summed E-state index contributed by atoms with van der Waals surface area (Å²) in [6.07, 6.45) is 2.14. The van der Waals surface area contributed by atoms with Crippen molar-refractivity contribution in [2.24, 2.45) is 0 Å². The minimum atomic E-state index is -0.893. The summed E-state index contributed by atoms with van der Waals surface area (Å²) in [6.45, 7) is 6.30. The summed E-state index contributed by atoms with van der Waals surface area (Å²) in [5, 5.41) is 5.31. The molecule has 4 rings (SSSR count). The number of nitrogens with one attached hydrogen (secondary N) is 2. The molecule has 3 aromatic rings. The molecular formula is C32H31ClIN3O8. The molecule has 0 aromatic heterocycles. The van der Waals surface area contributed by atoms with E-state index in [-0.39, 0.29) is 24.5 Å². The van der Waals surface area contributed by atoms with Crippen LogP contribution in [0.2, 0.25) is 5.02 Å². The maximum absolute atomic E-state index is 13.6. The zero-order valence-corrected chi connectivity index (χ0v) is 27.7. The Balaban J connectivity index is 1.60. The third-order valence-corrected chi connectivity index (χ3v) is 7.32. The van der Waals surface area contributed by atoms with Crippen LogP contribution >= 0.6 is 34.2 Å². The van der Waals surface area contributed by atoms with Gasteiger partial charge in [-0.25, -0.2) is 9.69 Å². The number of rotatable bonds is 13. The van der Waals surface area contributed by atoms with Gasteiger partial charge < -0.3 is 24.3 Å². The van der Waals surface area contributed by atoms with E-state index in [1.807, 2.05) is 29.5 Å². The number of carbonyl (C=O) groups excluding carboxylic acids is 4. The second kappa shape index (κ2) is 15.6. The Hall–Kier alpha value is -4.30. The molecule has 0 aliphatic carbocycles. The highest BCUT2D eigenvalue weighted by Gasteiger charge is 2.37. The number of ether oxygens (including phenoxy) is 4. The molecule has 1 aliphatic rings. The van der Waals surface area contributed by atoms with E-state index in [4.69, 9.17) is 30.5 Å². The summed E-state index contributed by atoms with van der Waals surface area (Å²) in [6, 6.07) is 13.8. The Kier molecular flexibility index (Phi) is 11.7. The Morgan fingerprint density at radius 3 is 2.38 bits per heavy atom. The SMILES string of the molecule is CCCOc1ccc(N2C(=O)NC(=O)/C(=C\c3cc(I)c(OCC(=O)Nc4ccccc4Cl)c(OCC)c3)C2=O)cc1OCC. The fourth-order valence-corrected chi connectivity index (χ4v) is 5.22. The van der Waals surface area contributed by atoms with Crippen molar-refractivity contribution in [3.63, 3.8) is 0 Å². The number of halogens is 2. The monoisotopic (exact) mass is 747 g/mol. The van der Waals surface area contributed by atoms with Crippen LogP contribution in [0.15, 0.2) is 60.2 Å². The first kappa shape index (κ1) is 33.6. The molecule has 0 radical (unpaired) electrons. The second-order valence-electron chi connectivity index (χ2n) is 9.45. The number of barbiturate groups is 1. The van der Waals surface area contributed by atoms with Crippen LogP contribution in [0.3, 0.4) is 0 Å². The van der Waals surface area contributed by atoms with Crippen molar-refractivity contribution in [1.29, 1.82) is 0 Å². The number of anilines is 2. The molecule has 1 saturated heterocycles. The van der Waals surface area contributed by atoms with E-state index >= 15 is 0 Å². The van der Waals surface area contributed by atoms with Gasteiger partial charge in [0.1, 0.15) is 5.57 Å². The predicted molar refractivity (Wildman–Crippen MR) is 178 cm³/mol. The molecule has 0 bridgehead atoms. The standard InChI is InChI=1S/C32H31ClIN3O8/c1-4-13-44-25-12-11-20(17-26(25)42-5-2)37-31(40)21(30(39)36-32(37)41)14-19-15-23(34)29(27(16-19)43-6-3)45-18-28(38)35-24-10-8-7-9-22(24)33/h7-12,14-17H,4-6,13,18H2,1-3H3,(H,35,38)(H,36,39,41)/b21-14+. The van der Waals surface area contributed by atoms with Crippen LogP contribution in [-0.4, -0.2) is 50.2 Å². The van der Waals surface area contributed by atoms with E-state index in [1.54, 1.807) is 62.4 Å². The third kappa shape index (κ3) is 8.25. The summed E-state index contributed by atoms with van der Waals surface area (Å²) in [5.41, 5.74) is 0.811. The molecule has 13 heteroatoms. The molecule has 2 N–H and O–H groups in total. The van der Waals surface area contributed by atoms with E-state index in [0.717, 1.165) is 11.3 Å². The zero-order chi connectivity index (χ0) is 32.5. The Bertz CT molecular complexity index is 1640. The predicted octanol–water partition coefficient (Wildman–Crippen LogP) is 6.21. The van der Waals surface area contributed by atoms with Gasteiger partial charge in [-0.05, 0) is 90.9 Å². The molecule has 1 heterocycles. The van der Waals surface area contributed by atoms with Crippen molar-refractivity contribution < 1.29 is 38.1 Å². The number of imide groups is 2. The van der Waals surface area contributed by atoms with Gasteiger partial charge in [0.05, 0.1) is 39.8 Å². The Morgan fingerprint density at radius 2 is 1.67 bits per heavy atom. The van der Waals surface area contributed by atoms with Crippen LogP contribution in [0.25, 0.3) is 6.08 Å². The normalized spacial score (nSPS) is 13.8. The number of hydrogen-bond acceptors (Lipinski definition) is 8. The molecule has 1 fully saturated rings. The third-order valence-electron chi connectivity index (χ3n) is 6.19. The van der Waals surface area contributed by atoms with Crippen molar-refractivity contribution >= 4 is 75.4 Å². The molecule has 45 heavy (non-hydrogen) atoms. The van der Waals surface area contributed by atoms with Crippen LogP contribution in [0, 0.1) is 3.57 Å². The van der Waals surface area contributed by atoms with Gasteiger partial charge in [0.25, 0.3) is 17.7 Å². The molecule has 1 aliphatic heterocycles. The number of carbonyl (C=O) groups is 4. The highest BCUT2D eigenvalue weighted by molar-refractivity contribution is 14.1. The first-order chi connectivity index (χ1) is 21.7. The number of benzene rings is 3. The van der Waals surface area contributed by atoms with Crippen LogP contribution in [-0.2, 0) is 14.4 Å². The Labute approximate surface area is 278 Å².